The molecule has 27 heavy (non-hydrogen) atoms. The van der Waals surface area contributed by atoms with Crippen molar-refractivity contribution in [3.63, 3.8) is 0 Å². The third-order valence-corrected chi connectivity index (χ3v) is 4.88. The number of aliphatic carboxylic acids is 1. The van der Waals surface area contributed by atoms with Gasteiger partial charge in [-0.15, -0.1) is 0 Å². The normalized spacial score (nSPS) is 17.1. The molecule has 1 aromatic carbocycles. The van der Waals surface area contributed by atoms with Gasteiger partial charge in [0.15, 0.2) is 0 Å². The zero-order chi connectivity index (χ0) is 20.2. The fourth-order valence-electron chi connectivity index (χ4n) is 3.34. The number of likely N-dealkylation sites (tertiary alicyclic amines) is 1. The van der Waals surface area contributed by atoms with Crippen LogP contribution in [0, 0.1) is 11.7 Å². The van der Waals surface area contributed by atoms with Crippen LogP contribution in [0.3, 0.4) is 0 Å². The number of carboxylic acid groups (broad SMARTS) is 1. The van der Waals surface area contributed by atoms with Gasteiger partial charge in [0.05, 0.1) is 12.0 Å². The second kappa shape index (κ2) is 8.37. The van der Waals surface area contributed by atoms with Crippen molar-refractivity contribution in [2.45, 2.75) is 31.7 Å². The zero-order valence-corrected chi connectivity index (χ0v) is 15.9. The van der Waals surface area contributed by atoms with E-state index in [1.165, 1.54) is 23.1 Å². The number of hydrogen-bond donors (Lipinski definition) is 2. The molecule has 2 N–H and O–H groups in total. The van der Waals surface area contributed by atoms with Crippen LogP contribution in [0.5, 0.6) is 0 Å². The molecule has 1 atom stereocenters. The minimum Gasteiger partial charge on any atom is -0.481 e. The number of carboxylic acids is 1. The summed E-state index contributed by atoms with van der Waals surface area (Å²) >= 11 is 0. The number of urea groups is 1. The van der Waals surface area contributed by atoms with Gasteiger partial charge in [-0.3, -0.25) is 9.59 Å². The average molecular weight is 379 g/mol. The van der Waals surface area contributed by atoms with Crippen LogP contribution >= 0.6 is 0 Å². The van der Waals surface area contributed by atoms with Gasteiger partial charge in [-0.05, 0) is 37.5 Å². The molecule has 0 aliphatic carbocycles. The minimum atomic E-state index is -1.22. The van der Waals surface area contributed by atoms with Crippen molar-refractivity contribution in [2.24, 2.45) is 5.92 Å². The summed E-state index contributed by atoms with van der Waals surface area (Å²) in [5.74, 6) is -2.18. The number of nitrogens with one attached hydrogen (secondary N) is 1. The standard InChI is InChI=1S/C19H26FN3O4/c1-19(12-16(24)25,14-5-4-6-15(20)11-14)21-17(26)13-7-9-23(10-8-13)18(27)22(2)3/h4-6,11,13H,7-10,12H2,1-3H3,(H,21,26)(H,24,25). The van der Waals surface area contributed by atoms with Crippen LogP contribution < -0.4 is 5.32 Å². The highest BCUT2D eigenvalue weighted by Gasteiger charge is 2.35. The lowest BCUT2D eigenvalue weighted by Crippen LogP contribution is -2.50. The Morgan fingerprint density at radius 2 is 1.93 bits per heavy atom. The maximum absolute atomic E-state index is 13.6. The molecule has 1 unspecified atom stereocenters. The van der Waals surface area contributed by atoms with Gasteiger partial charge < -0.3 is 20.2 Å². The fraction of sp³-hybridized carbons (Fsp3) is 0.526. The van der Waals surface area contributed by atoms with Gasteiger partial charge in [-0.25, -0.2) is 9.18 Å². The molecule has 7 nitrogen and oxygen atoms in total. The van der Waals surface area contributed by atoms with Gasteiger partial charge in [0.25, 0.3) is 0 Å². The van der Waals surface area contributed by atoms with Crippen molar-refractivity contribution in [1.29, 1.82) is 0 Å². The van der Waals surface area contributed by atoms with E-state index < -0.39 is 17.3 Å². The molecular formula is C19H26FN3O4. The van der Waals surface area contributed by atoms with Gasteiger partial charge in [-0.2, -0.15) is 0 Å². The maximum atomic E-state index is 13.6. The van der Waals surface area contributed by atoms with E-state index in [0.29, 0.717) is 31.5 Å². The summed E-state index contributed by atoms with van der Waals surface area (Å²) < 4.78 is 13.6. The Hall–Kier alpha value is -2.64. The average Bonchev–Trinajstić information content (AvgIpc) is 2.60. The van der Waals surface area contributed by atoms with Crippen LogP contribution in [0.1, 0.15) is 31.7 Å². The first-order chi connectivity index (χ1) is 12.6. The van der Waals surface area contributed by atoms with Gasteiger partial charge in [-0.1, -0.05) is 12.1 Å². The molecule has 148 valence electrons. The molecular weight excluding hydrogens is 353 g/mol. The predicted octanol–water partition coefficient (Wildman–Crippen LogP) is 2.03. The minimum absolute atomic E-state index is 0.0932. The van der Waals surface area contributed by atoms with Crippen LogP contribution in [0.2, 0.25) is 0 Å². The number of halogens is 1. The van der Waals surface area contributed by atoms with Crippen molar-refractivity contribution in [3.8, 4) is 0 Å². The second-order valence-electron chi connectivity index (χ2n) is 7.34. The van der Waals surface area contributed by atoms with Crippen LogP contribution in [0.25, 0.3) is 0 Å². The molecule has 0 bridgehead atoms. The number of piperidine rings is 1. The summed E-state index contributed by atoms with van der Waals surface area (Å²) in [5, 5.41) is 12.1. The van der Waals surface area contributed by atoms with Crippen molar-refractivity contribution in [3.05, 3.63) is 35.6 Å². The summed E-state index contributed by atoms with van der Waals surface area (Å²) in [6.07, 6.45) is 0.635. The third-order valence-electron chi connectivity index (χ3n) is 4.88. The van der Waals surface area contributed by atoms with Crippen molar-refractivity contribution in [1.82, 2.24) is 15.1 Å². The molecule has 0 spiro atoms. The van der Waals surface area contributed by atoms with Gasteiger partial charge in [0, 0.05) is 33.1 Å². The lowest BCUT2D eigenvalue weighted by molar-refractivity contribution is -0.139. The first-order valence-electron chi connectivity index (χ1n) is 8.88. The van der Waals surface area contributed by atoms with E-state index in [1.54, 1.807) is 32.0 Å². The predicted molar refractivity (Wildman–Crippen MR) is 97.5 cm³/mol. The van der Waals surface area contributed by atoms with Crippen LogP contribution in [-0.2, 0) is 15.1 Å². The number of nitrogens with zero attached hydrogens (tertiary/aromatic N) is 2. The maximum Gasteiger partial charge on any atom is 0.319 e. The highest BCUT2D eigenvalue weighted by molar-refractivity contribution is 5.81. The zero-order valence-electron chi connectivity index (χ0n) is 15.9. The molecule has 0 saturated carbocycles. The second-order valence-corrected chi connectivity index (χ2v) is 7.34. The molecule has 8 heteroatoms. The van der Waals surface area contributed by atoms with Crippen LogP contribution in [-0.4, -0.2) is 60.0 Å². The molecule has 1 heterocycles. The molecule has 1 aliphatic heterocycles. The Balaban J connectivity index is 2.09. The summed E-state index contributed by atoms with van der Waals surface area (Å²) in [6.45, 7) is 2.51. The lowest BCUT2D eigenvalue weighted by Gasteiger charge is -2.36. The number of carbonyl (C=O) groups is 3. The third kappa shape index (κ3) is 5.18. The largest absolute Gasteiger partial charge is 0.481 e. The van der Waals surface area contributed by atoms with Gasteiger partial charge in [0.2, 0.25) is 5.91 Å². The van der Waals surface area contributed by atoms with E-state index in [4.69, 9.17) is 0 Å². The van der Waals surface area contributed by atoms with E-state index in [0.717, 1.165) is 0 Å². The number of carbonyl (C=O) groups excluding carboxylic acids is 2. The molecule has 0 aromatic heterocycles. The van der Waals surface area contributed by atoms with Crippen molar-refractivity contribution in [2.75, 3.05) is 27.2 Å². The van der Waals surface area contributed by atoms with Crippen LogP contribution in [0.4, 0.5) is 9.18 Å². The molecule has 0 radical (unpaired) electrons. The van der Waals surface area contributed by atoms with Crippen LogP contribution in [0.15, 0.2) is 24.3 Å². The highest BCUT2D eigenvalue weighted by atomic mass is 19.1. The van der Waals surface area contributed by atoms with E-state index in [9.17, 15) is 23.9 Å². The summed E-state index contributed by atoms with van der Waals surface area (Å²) in [5.41, 5.74) is -0.819. The van der Waals surface area contributed by atoms with E-state index in [-0.39, 0.29) is 24.3 Å². The Morgan fingerprint density at radius 3 is 2.44 bits per heavy atom. The van der Waals surface area contributed by atoms with Gasteiger partial charge >= 0.3 is 12.0 Å². The molecule has 1 saturated heterocycles. The fourth-order valence-corrected chi connectivity index (χ4v) is 3.34. The molecule has 1 fully saturated rings. The number of rotatable bonds is 5. The van der Waals surface area contributed by atoms with E-state index >= 15 is 0 Å². The molecule has 3 amide bonds. The van der Waals surface area contributed by atoms with E-state index in [1.807, 2.05) is 0 Å². The Labute approximate surface area is 158 Å². The number of hydrogen-bond acceptors (Lipinski definition) is 3. The Kier molecular flexibility index (Phi) is 6.41. The lowest BCUT2D eigenvalue weighted by atomic mass is 9.86. The van der Waals surface area contributed by atoms with Crippen molar-refractivity contribution < 1.29 is 23.9 Å². The molecule has 1 aromatic rings. The van der Waals surface area contributed by atoms with Gasteiger partial charge in [0.1, 0.15) is 5.82 Å². The van der Waals surface area contributed by atoms with Crippen molar-refractivity contribution >= 4 is 17.9 Å². The SMILES string of the molecule is CN(C)C(=O)N1CCC(C(=O)NC(C)(CC(=O)O)c2cccc(F)c2)CC1. The Morgan fingerprint density at radius 1 is 1.30 bits per heavy atom. The quantitative estimate of drug-likeness (QED) is 0.819. The highest BCUT2D eigenvalue weighted by Crippen LogP contribution is 2.27. The summed E-state index contributed by atoms with van der Waals surface area (Å²) in [4.78, 5) is 39.2. The first kappa shape index (κ1) is 20.7. The van der Waals surface area contributed by atoms with E-state index in [2.05, 4.69) is 5.32 Å². The summed E-state index contributed by atoms with van der Waals surface area (Å²) in [7, 11) is 3.36. The summed E-state index contributed by atoms with van der Waals surface area (Å²) in [6, 6.07) is 5.50. The smallest absolute Gasteiger partial charge is 0.319 e. The topological polar surface area (TPSA) is 90.0 Å². The Bertz CT molecular complexity index is 717. The molecule has 2 rings (SSSR count). The molecule has 1 aliphatic rings. The first-order valence-corrected chi connectivity index (χ1v) is 8.88. The monoisotopic (exact) mass is 379 g/mol. The number of amides is 3. The number of benzene rings is 1.